The van der Waals surface area contributed by atoms with E-state index in [-0.39, 0.29) is 10.8 Å². The highest BCUT2D eigenvalue weighted by Crippen LogP contribution is 2.29. The molecule has 2 heterocycles. The third-order valence-electron chi connectivity index (χ3n) is 3.20. The smallest absolute Gasteiger partial charge is 0.306 e. The van der Waals surface area contributed by atoms with Crippen LogP contribution in [0, 0.1) is 22.0 Å². The Balaban J connectivity index is 2.23. The molecule has 6 heteroatoms. The van der Waals surface area contributed by atoms with Gasteiger partial charge in [0.1, 0.15) is 5.82 Å². The second kappa shape index (κ2) is 5.10. The molecule has 0 amide bonds. The van der Waals surface area contributed by atoms with E-state index in [1.165, 1.54) is 12.5 Å². The predicted molar refractivity (Wildman–Crippen MR) is 71.1 cm³/mol. The lowest BCUT2D eigenvalue weighted by molar-refractivity contribution is -0.385. The van der Waals surface area contributed by atoms with Crippen molar-refractivity contribution in [1.29, 1.82) is 0 Å². The molecule has 18 heavy (non-hydrogen) atoms. The van der Waals surface area contributed by atoms with Gasteiger partial charge in [-0.25, -0.2) is 4.98 Å². The van der Waals surface area contributed by atoms with Crippen molar-refractivity contribution in [3.05, 3.63) is 27.4 Å². The van der Waals surface area contributed by atoms with E-state index in [9.17, 15) is 10.1 Å². The van der Waals surface area contributed by atoms with Gasteiger partial charge in [0.05, 0.1) is 4.92 Å². The summed E-state index contributed by atoms with van der Waals surface area (Å²) in [6.45, 7) is 6.25. The Kier molecular flexibility index (Phi) is 3.71. The number of hydrogen-bond donors (Lipinski definition) is 0. The zero-order chi connectivity index (χ0) is 13.3. The van der Waals surface area contributed by atoms with Crippen LogP contribution in [0.25, 0.3) is 0 Å². The number of hydrogen-bond acceptors (Lipinski definition) is 4. The third-order valence-corrected chi connectivity index (χ3v) is 3.48. The van der Waals surface area contributed by atoms with E-state index in [2.05, 4.69) is 23.7 Å². The van der Waals surface area contributed by atoms with Gasteiger partial charge in [0.25, 0.3) is 0 Å². The molecule has 5 nitrogen and oxygen atoms in total. The van der Waals surface area contributed by atoms with Crippen molar-refractivity contribution in [2.45, 2.75) is 20.3 Å². The van der Waals surface area contributed by atoms with E-state index in [1.807, 2.05) is 0 Å². The highest BCUT2D eigenvalue weighted by molar-refractivity contribution is 6.31. The fourth-order valence-corrected chi connectivity index (χ4v) is 2.80. The summed E-state index contributed by atoms with van der Waals surface area (Å²) in [7, 11) is 0. The summed E-state index contributed by atoms with van der Waals surface area (Å²) in [6, 6.07) is 3.10. The van der Waals surface area contributed by atoms with Crippen LogP contribution in [-0.4, -0.2) is 23.0 Å². The fraction of sp³-hybridized carbons (Fsp3) is 0.583. The van der Waals surface area contributed by atoms with E-state index in [4.69, 9.17) is 11.6 Å². The summed E-state index contributed by atoms with van der Waals surface area (Å²) in [6.07, 6.45) is 1.21. The molecule has 98 valence electrons. The molecule has 0 spiro atoms. The quantitative estimate of drug-likeness (QED) is 0.470. The van der Waals surface area contributed by atoms with E-state index in [0.717, 1.165) is 18.9 Å². The summed E-state index contributed by atoms with van der Waals surface area (Å²) in [5, 5.41) is 10.6. The molecule has 0 N–H and O–H groups in total. The number of anilines is 1. The molecular formula is C12H16ClN3O2. The largest absolute Gasteiger partial charge is 0.356 e. The number of nitrogens with zero attached hydrogens (tertiary/aromatic N) is 3. The molecule has 0 radical (unpaired) electrons. The maximum absolute atomic E-state index is 10.7. The van der Waals surface area contributed by atoms with Gasteiger partial charge in [0.15, 0.2) is 0 Å². The topological polar surface area (TPSA) is 59.3 Å². The van der Waals surface area contributed by atoms with Crippen molar-refractivity contribution in [2.75, 3.05) is 18.0 Å². The van der Waals surface area contributed by atoms with Gasteiger partial charge in [-0.3, -0.25) is 10.1 Å². The van der Waals surface area contributed by atoms with Gasteiger partial charge in [-0.1, -0.05) is 25.4 Å². The Hall–Kier alpha value is -1.36. The predicted octanol–water partition coefficient (Wildman–Crippen LogP) is 3.13. The Morgan fingerprint density at radius 2 is 2.00 bits per heavy atom. The molecule has 1 saturated heterocycles. The van der Waals surface area contributed by atoms with Crippen molar-refractivity contribution in [1.82, 2.24) is 4.98 Å². The molecule has 2 rings (SSSR count). The van der Waals surface area contributed by atoms with Crippen LogP contribution in [0.5, 0.6) is 0 Å². The molecule has 0 unspecified atom stereocenters. The first-order valence-corrected chi connectivity index (χ1v) is 6.41. The summed E-state index contributed by atoms with van der Waals surface area (Å²) >= 11 is 5.84. The number of nitro groups is 1. The lowest BCUT2D eigenvalue weighted by atomic mass is 9.92. The van der Waals surface area contributed by atoms with Gasteiger partial charge in [-0.2, -0.15) is 0 Å². The number of aromatic nitrogens is 1. The minimum absolute atomic E-state index is 0.0385. The first kappa shape index (κ1) is 13.1. The zero-order valence-corrected chi connectivity index (χ0v) is 11.2. The van der Waals surface area contributed by atoms with Crippen molar-refractivity contribution in [3.63, 3.8) is 0 Å². The van der Waals surface area contributed by atoms with Gasteiger partial charge in [-0.15, -0.1) is 0 Å². The molecule has 1 aromatic heterocycles. The minimum atomic E-state index is -0.513. The normalized spacial score (nSPS) is 24.1. The SMILES string of the molecule is C[C@H]1C[C@H](C)CN(c2ccc([N+](=O)[O-])c(Cl)n2)C1. The van der Waals surface area contributed by atoms with Gasteiger partial charge in [-0.05, 0) is 24.3 Å². The second-order valence-corrected chi connectivity index (χ2v) is 5.45. The van der Waals surface area contributed by atoms with Crippen molar-refractivity contribution >= 4 is 23.1 Å². The zero-order valence-electron chi connectivity index (χ0n) is 10.5. The number of piperidine rings is 1. The summed E-state index contributed by atoms with van der Waals surface area (Å²) in [4.78, 5) is 16.5. The first-order valence-electron chi connectivity index (χ1n) is 6.03. The molecule has 0 saturated carbocycles. The lowest BCUT2D eigenvalue weighted by Crippen LogP contribution is -2.39. The standard InChI is InChI=1S/C12H16ClN3O2/c1-8-5-9(2)7-15(6-8)11-4-3-10(16(17)18)12(13)14-11/h3-4,8-9H,5-7H2,1-2H3/t8-,9-/m0/s1. The van der Waals surface area contributed by atoms with Crippen LogP contribution in [0.2, 0.25) is 5.15 Å². The molecule has 0 aliphatic carbocycles. The molecular weight excluding hydrogens is 254 g/mol. The van der Waals surface area contributed by atoms with E-state index in [1.54, 1.807) is 6.07 Å². The van der Waals surface area contributed by atoms with E-state index >= 15 is 0 Å². The molecule has 1 aromatic rings. The fourth-order valence-electron chi connectivity index (χ4n) is 2.58. The maximum Gasteiger partial charge on any atom is 0.306 e. The molecule has 0 bridgehead atoms. The Morgan fingerprint density at radius 3 is 2.50 bits per heavy atom. The minimum Gasteiger partial charge on any atom is -0.356 e. The number of rotatable bonds is 2. The summed E-state index contributed by atoms with van der Waals surface area (Å²) in [5.41, 5.74) is -0.140. The van der Waals surface area contributed by atoms with Crippen LogP contribution in [0.4, 0.5) is 11.5 Å². The van der Waals surface area contributed by atoms with Crippen LogP contribution < -0.4 is 4.90 Å². The highest BCUT2D eigenvalue weighted by Gasteiger charge is 2.24. The van der Waals surface area contributed by atoms with Crippen molar-refractivity contribution < 1.29 is 4.92 Å². The van der Waals surface area contributed by atoms with Crippen LogP contribution >= 0.6 is 11.6 Å². The maximum atomic E-state index is 10.7. The summed E-state index contributed by atoms with van der Waals surface area (Å²) < 4.78 is 0. The number of halogens is 1. The molecule has 2 atom stereocenters. The first-order chi connectivity index (χ1) is 8.47. The van der Waals surface area contributed by atoms with Gasteiger partial charge in [0, 0.05) is 19.2 Å². The van der Waals surface area contributed by atoms with Crippen LogP contribution in [0.15, 0.2) is 12.1 Å². The van der Waals surface area contributed by atoms with Gasteiger partial charge in [0.2, 0.25) is 5.15 Å². The monoisotopic (exact) mass is 269 g/mol. The molecule has 1 aliphatic rings. The molecule has 1 fully saturated rings. The van der Waals surface area contributed by atoms with Crippen molar-refractivity contribution in [2.24, 2.45) is 11.8 Å². The van der Waals surface area contributed by atoms with E-state index < -0.39 is 4.92 Å². The van der Waals surface area contributed by atoms with E-state index in [0.29, 0.717) is 11.8 Å². The highest BCUT2D eigenvalue weighted by atomic mass is 35.5. The summed E-state index contributed by atoms with van der Waals surface area (Å²) in [5.74, 6) is 1.93. The Bertz CT molecular complexity index is 457. The molecule has 0 aromatic carbocycles. The average Bonchev–Trinajstić information content (AvgIpc) is 2.26. The third kappa shape index (κ3) is 2.72. The van der Waals surface area contributed by atoms with Crippen LogP contribution in [-0.2, 0) is 0 Å². The van der Waals surface area contributed by atoms with Gasteiger partial charge < -0.3 is 4.90 Å². The number of pyridine rings is 1. The Morgan fingerprint density at radius 1 is 1.39 bits per heavy atom. The molecule has 1 aliphatic heterocycles. The van der Waals surface area contributed by atoms with Crippen molar-refractivity contribution in [3.8, 4) is 0 Å². The lowest BCUT2D eigenvalue weighted by Gasteiger charge is -2.35. The average molecular weight is 270 g/mol. The van der Waals surface area contributed by atoms with Crippen LogP contribution in [0.1, 0.15) is 20.3 Å². The Labute approximate surface area is 111 Å². The van der Waals surface area contributed by atoms with Gasteiger partial charge >= 0.3 is 5.69 Å². The second-order valence-electron chi connectivity index (χ2n) is 5.09. The van der Waals surface area contributed by atoms with Crippen LogP contribution in [0.3, 0.4) is 0 Å².